The lowest BCUT2D eigenvalue weighted by Gasteiger charge is -2.38. The lowest BCUT2D eigenvalue weighted by Crippen LogP contribution is -2.51. The number of hydrogen-bond donors (Lipinski definition) is 0. The van der Waals surface area contributed by atoms with Crippen LogP contribution in [0.1, 0.15) is 43.7 Å². The van der Waals surface area contributed by atoms with Crippen LogP contribution in [0.2, 0.25) is 0 Å². The fourth-order valence-electron chi connectivity index (χ4n) is 4.36. The summed E-state index contributed by atoms with van der Waals surface area (Å²) in [4.78, 5) is 19.5. The zero-order chi connectivity index (χ0) is 18.7. The molecule has 3 rings (SSSR count). The molecule has 0 spiro atoms. The van der Waals surface area contributed by atoms with Crippen LogP contribution >= 0.6 is 0 Å². The van der Waals surface area contributed by atoms with Gasteiger partial charge in [-0.2, -0.15) is 0 Å². The van der Waals surface area contributed by atoms with E-state index in [2.05, 4.69) is 48.8 Å². The maximum absolute atomic E-state index is 12.7. The fourth-order valence-corrected chi connectivity index (χ4v) is 4.36. The molecule has 1 heterocycles. The van der Waals surface area contributed by atoms with Gasteiger partial charge in [0.05, 0.1) is 6.54 Å². The minimum absolute atomic E-state index is 0.296. The van der Waals surface area contributed by atoms with Crippen molar-refractivity contribution in [1.29, 1.82) is 0 Å². The van der Waals surface area contributed by atoms with Crippen molar-refractivity contribution in [1.82, 2.24) is 9.80 Å². The summed E-state index contributed by atoms with van der Waals surface area (Å²) in [7, 11) is 2.01. The summed E-state index contributed by atoms with van der Waals surface area (Å²) in [5, 5.41) is 0. The van der Waals surface area contributed by atoms with Crippen molar-refractivity contribution in [3.8, 4) is 0 Å². The molecule has 2 aliphatic rings. The Balaban J connectivity index is 1.49. The molecule has 0 radical (unpaired) electrons. The van der Waals surface area contributed by atoms with E-state index in [1.165, 1.54) is 42.5 Å². The maximum atomic E-state index is 12.7. The second-order valence-electron chi connectivity index (χ2n) is 8.40. The van der Waals surface area contributed by atoms with Crippen molar-refractivity contribution < 1.29 is 4.79 Å². The topological polar surface area (TPSA) is 26.8 Å². The first-order valence-corrected chi connectivity index (χ1v) is 10.2. The fraction of sp³-hybridized carbons (Fsp3) is 0.682. The third-order valence-electron chi connectivity index (χ3n) is 6.57. The molecule has 26 heavy (non-hydrogen) atoms. The number of nitrogens with zero attached hydrogens (tertiary/aromatic N) is 3. The molecule has 144 valence electrons. The Hall–Kier alpha value is -1.55. The number of aryl methyl sites for hydroxylation is 1. The highest BCUT2D eigenvalue weighted by Crippen LogP contribution is 2.27. The van der Waals surface area contributed by atoms with E-state index in [0.717, 1.165) is 32.1 Å². The molecule has 1 aromatic carbocycles. The van der Waals surface area contributed by atoms with Crippen molar-refractivity contribution in [3.63, 3.8) is 0 Å². The molecule has 1 saturated carbocycles. The van der Waals surface area contributed by atoms with Gasteiger partial charge in [0.2, 0.25) is 5.91 Å². The Morgan fingerprint density at radius 3 is 2.38 bits per heavy atom. The van der Waals surface area contributed by atoms with E-state index in [1.54, 1.807) is 0 Å². The lowest BCUT2D eigenvalue weighted by atomic mass is 9.87. The van der Waals surface area contributed by atoms with Gasteiger partial charge in [0.25, 0.3) is 0 Å². The molecular weight excluding hydrogens is 322 g/mol. The van der Waals surface area contributed by atoms with Gasteiger partial charge in [-0.1, -0.05) is 19.1 Å². The number of hydrogen-bond acceptors (Lipinski definition) is 3. The molecule has 0 unspecified atom stereocenters. The third kappa shape index (κ3) is 4.40. The Labute approximate surface area is 159 Å². The summed E-state index contributed by atoms with van der Waals surface area (Å²) < 4.78 is 0. The largest absolute Gasteiger partial charge is 0.369 e. The van der Waals surface area contributed by atoms with Crippen LogP contribution in [0.5, 0.6) is 0 Å². The van der Waals surface area contributed by atoms with E-state index < -0.39 is 0 Å². The van der Waals surface area contributed by atoms with Gasteiger partial charge in [-0.05, 0) is 62.6 Å². The Morgan fingerprint density at radius 1 is 1.08 bits per heavy atom. The van der Waals surface area contributed by atoms with Crippen LogP contribution in [-0.4, -0.2) is 61.5 Å². The minimum atomic E-state index is 0.296. The van der Waals surface area contributed by atoms with Crippen LogP contribution in [0.15, 0.2) is 18.2 Å². The number of carbonyl (C=O) groups excluding carboxylic acids is 1. The van der Waals surface area contributed by atoms with E-state index >= 15 is 0 Å². The van der Waals surface area contributed by atoms with Gasteiger partial charge in [-0.15, -0.1) is 0 Å². The summed E-state index contributed by atoms with van der Waals surface area (Å²) >= 11 is 0. The lowest BCUT2D eigenvalue weighted by molar-refractivity contribution is -0.134. The first-order valence-electron chi connectivity index (χ1n) is 10.2. The van der Waals surface area contributed by atoms with E-state index in [4.69, 9.17) is 0 Å². The predicted molar refractivity (Wildman–Crippen MR) is 109 cm³/mol. The molecule has 1 aliphatic heterocycles. The molecule has 1 aromatic rings. The minimum Gasteiger partial charge on any atom is -0.369 e. The smallest absolute Gasteiger partial charge is 0.236 e. The number of anilines is 1. The summed E-state index contributed by atoms with van der Waals surface area (Å²) in [6, 6.07) is 7.00. The zero-order valence-electron chi connectivity index (χ0n) is 17.0. The van der Waals surface area contributed by atoms with Gasteiger partial charge in [-0.3, -0.25) is 9.69 Å². The first kappa shape index (κ1) is 19.2. The van der Waals surface area contributed by atoms with Crippen molar-refractivity contribution in [2.45, 2.75) is 52.5 Å². The van der Waals surface area contributed by atoms with E-state index in [0.29, 0.717) is 18.5 Å². The van der Waals surface area contributed by atoms with Crippen molar-refractivity contribution in [2.75, 3.05) is 44.7 Å². The molecule has 0 aromatic heterocycles. The van der Waals surface area contributed by atoms with Gasteiger partial charge >= 0.3 is 0 Å². The van der Waals surface area contributed by atoms with Crippen LogP contribution in [0, 0.1) is 19.8 Å². The highest BCUT2D eigenvalue weighted by Gasteiger charge is 2.27. The third-order valence-corrected chi connectivity index (χ3v) is 6.57. The number of piperazine rings is 1. The second-order valence-corrected chi connectivity index (χ2v) is 8.40. The molecule has 4 nitrogen and oxygen atoms in total. The van der Waals surface area contributed by atoms with E-state index in [1.807, 2.05) is 11.9 Å². The highest BCUT2D eigenvalue weighted by molar-refractivity contribution is 5.78. The van der Waals surface area contributed by atoms with Gasteiger partial charge in [0.1, 0.15) is 0 Å². The summed E-state index contributed by atoms with van der Waals surface area (Å²) in [5.41, 5.74) is 4.08. The Morgan fingerprint density at radius 2 is 1.73 bits per heavy atom. The monoisotopic (exact) mass is 357 g/mol. The first-order chi connectivity index (χ1) is 12.5. The zero-order valence-corrected chi connectivity index (χ0v) is 17.0. The highest BCUT2D eigenvalue weighted by atomic mass is 16.2. The van der Waals surface area contributed by atoms with Gasteiger partial charge in [0.15, 0.2) is 0 Å². The van der Waals surface area contributed by atoms with Gasteiger partial charge in [-0.25, -0.2) is 0 Å². The molecule has 0 atom stereocenters. The molecule has 1 aliphatic carbocycles. The number of benzene rings is 1. The summed E-state index contributed by atoms with van der Waals surface area (Å²) in [6.45, 7) is 11.2. The molecule has 0 bridgehead atoms. The van der Waals surface area contributed by atoms with E-state index in [-0.39, 0.29) is 0 Å². The normalized spacial score (nSPS) is 24.5. The van der Waals surface area contributed by atoms with Crippen molar-refractivity contribution in [2.24, 2.45) is 5.92 Å². The maximum Gasteiger partial charge on any atom is 0.236 e. The number of likely N-dealkylation sites (N-methyl/N-ethyl adjacent to an activating group) is 1. The van der Waals surface area contributed by atoms with Crippen LogP contribution in [-0.2, 0) is 4.79 Å². The average Bonchev–Trinajstić information content (AvgIpc) is 2.65. The molecule has 1 saturated heterocycles. The molecule has 4 heteroatoms. The van der Waals surface area contributed by atoms with Gasteiger partial charge in [0, 0.05) is 45.0 Å². The Bertz CT molecular complexity index is 614. The standard InChI is InChI=1S/C22H35N3O/c1-17-8-10-20(11-9-17)23(4)22(26)16-24-12-14-25(15-13-24)21-7-5-6-18(2)19(21)3/h5-7,17,20H,8-16H2,1-4H3. The van der Waals surface area contributed by atoms with E-state index in [9.17, 15) is 4.79 Å². The SMILES string of the molecule is Cc1cccc(N2CCN(CC(=O)N(C)C3CCC(C)CC3)CC2)c1C. The van der Waals surface area contributed by atoms with Crippen LogP contribution < -0.4 is 4.90 Å². The molecule has 0 N–H and O–H groups in total. The number of rotatable bonds is 4. The second kappa shape index (κ2) is 8.43. The molecule has 2 fully saturated rings. The predicted octanol–water partition coefficient (Wildman–Crippen LogP) is 3.46. The Kier molecular flexibility index (Phi) is 6.23. The van der Waals surface area contributed by atoms with Crippen LogP contribution in [0.3, 0.4) is 0 Å². The molecule has 1 amide bonds. The molecular formula is C22H35N3O. The summed E-state index contributed by atoms with van der Waals surface area (Å²) in [6.07, 6.45) is 4.86. The number of carbonyl (C=O) groups is 1. The quantitative estimate of drug-likeness (QED) is 0.826. The van der Waals surface area contributed by atoms with Gasteiger partial charge < -0.3 is 9.80 Å². The van der Waals surface area contributed by atoms with Crippen molar-refractivity contribution >= 4 is 11.6 Å². The van der Waals surface area contributed by atoms with Crippen LogP contribution in [0.25, 0.3) is 0 Å². The summed E-state index contributed by atoms with van der Waals surface area (Å²) in [5.74, 6) is 1.12. The average molecular weight is 358 g/mol. The number of amides is 1. The van der Waals surface area contributed by atoms with Crippen LogP contribution in [0.4, 0.5) is 5.69 Å². The van der Waals surface area contributed by atoms with Crippen molar-refractivity contribution in [3.05, 3.63) is 29.3 Å².